The van der Waals surface area contributed by atoms with Gasteiger partial charge >= 0.3 is 0 Å². The lowest BCUT2D eigenvalue weighted by molar-refractivity contribution is 0.148. The predicted molar refractivity (Wildman–Crippen MR) is 52.8 cm³/mol. The second-order valence-electron chi connectivity index (χ2n) is 3.95. The molecule has 13 heavy (non-hydrogen) atoms. The van der Waals surface area contributed by atoms with Crippen molar-refractivity contribution in [2.75, 3.05) is 27.3 Å². The number of rotatable bonds is 5. The number of aliphatic hydroxyl groups is 1. The molecule has 0 amide bonds. The average Bonchev–Trinajstić information content (AvgIpc) is 2.52. The van der Waals surface area contributed by atoms with Gasteiger partial charge in [-0.1, -0.05) is 0 Å². The monoisotopic (exact) mass is 187 g/mol. The quantitative estimate of drug-likeness (QED) is 0.648. The molecule has 1 saturated carbocycles. The van der Waals surface area contributed by atoms with E-state index in [1.54, 1.807) is 7.11 Å². The standard InChI is InChI=1S/C10H21NO2/c1-11(6-3-7-13-2)9-4-5-10(12)8-9/h9-10,12H,3-8H2,1-2H3. The smallest absolute Gasteiger partial charge is 0.0555 e. The lowest BCUT2D eigenvalue weighted by Gasteiger charge is -2.23. The largest absolute Gasteiger partial charge is 0.393 e. The third kappa shape index (κ3) is 3.63. The summed E-state index contributed by atoms with van der Waals surface area (Å²) < 4.78 is 5.00. The van der Waals surface area contributed by atoms with Crippen LogP contribution in [0.3, 0.4) is 0 Å². The summed E-state index contributed by atoms with van der Waals surface area (Å²) in [6.45, 7) is 1.91. The molecule has 0 saturated heterocycles. The van der Waals surface area contributed by atoms with E-state index >= 15 is 0 Å². The van der Waals surface area contributed by atoms with E-state index in [0.717, 1.165) is 38.8 Å². The highest BCUT2D eigenvalue weighted by atomic mass is 16.5. The predicted octanol–water partition coefficient (Wildman–Crippen LogP) is 0.868. The highest BCUT2D eigenvalue weighted by molar-refractivity contribution is 4.80. The van der Waals surface area contributed by atoms with Crippen molar-refractivity contribution in [1.29, 1.82) is 0 Å². The van der Waals surface area contributed by atoms with Crippen LogP contribution in [-0.2, 0) is 4.74 Å². The Hall–Kier alpha value is -0.120. The van der Waals surface area contributed by atoms with Crippen molar-refractivity contribution in [3.63, 3.8) is 0 Å². The zero-order valence-electron chi connectivity index (χ0n) is 8.70. The van der Waals surface area contributed by atoms with E-state index < -0.39 is 0 Å². The Balaban J connectivity index is 2.12. The summed E-state index contributed by atoms with van der Waals surface area (Å²) in [6, 6.07) is 0.590. The molecule has 0 aromatic rings. The van der Waals surface area contributed by atoms with Crippen molar-refractivity contribution in [2.24, 2.45) is 0 Å². The molecule has 1 fully saturated rings. The van der Waals surface area contributed by atoms with Gasteiger partial charge in [-0.3, -0.25) is 0 Å². The lowest BCUT2D eigenvalue weighted by Crippen LogP contribution is -2.31. The van der Waals surface area contributed by atoms with Crippen molar-refractivity contribution < 1.29 is 9.84 Å². The number of nitrogens with zero attached hydrogens (tertiary/aromatic N) is 1. The van der Waals surface area contributed by atoms with Crippen molar-refractivity contribution in [3.8, 4) is 0 Å². The fourth-order valence-electron chi connectivity index (χ4n) is 1.98. The molecule has 0 bridgehead atoms. The Labute approximate surface area is 80.7 Å². The molecule has 3 nitrogen and oxygen atoms in total. The molecule has 2 unspecified atom stereocenters. The second kappa shape index (κ2) is 5.58. The van der Waals surface area contributed by atoms with Crippen LogP contribution < -0.4 is 0 Å². The number of methoxy groups -OCH3 is 1. The van der Waals surface area contributed by atoms with Gasteiger partial charge in [-0.05, 0) is 32.7 Å². The Morgan fingerprint density at radius 2 is 2.23 bits per heavy atom. The third-order valence-electron chi connectivity index (χ3n) is 2.86. The van der Waals surface area contributed by atoms with Gasteiger partial charge < -0.3 is 14.7 Å². The maximum atomic E-state index is 9.37. The third-order valence-corrected chi connectivity index (χ3v) is 2.86. The summed E-state index contributed by atoms with van der Waals surface area (Å²) in [6.07, 6.45) is 4.09. The van der Waals surface area contributed by atoms with E-state index in [1.165, 1.54) is 0 Å². The fourth-order valence-corrected chi connectivity index (χ4v) is 1.98. The van der Waals surface area contributed by atoms with Crippen LogP contribution >= 0.6 is 0 Å². The molecule has 0 aromatic heterocycles. The van der Waals surface area contributed by atoms with Crippen LogP contribution in [0, 0.1) is 0 Å². The van der Waals surface area contributed by atoms with Crippen LogP contribution in [0.1, 0.15) is 25.7 Å². The maximum absolute atomic E-state index is 9.37. The molecule has 3 heteroatoms. The minimum absolute atomic E-state index is 0.0603. The van der Waals surface area contributed by atoms with Gasteiger partial charge in [0, 0.05) is 26.3 Å². The average molecular weight is 187 g/mol. The Morgan fingerprint density at radius 1 is 1.46 bits per heavy atom. The summed E-state index contributed by atoms with van der Waals surface area (Å²) in [5.74, 6) is 0. The molecule has 1 rings (SSSR count). The SMILES string of the molecule is COCCCN(C)C1CCC(O)C1. The van der Waals surface area contributed by atoms with Gasteiger partial charge in [0.2, 0.25) is 0 Å². The summed E-state index contributed by atoms with van der Waals surface area (Å²) in [5.41, 5.74) is 0. The Bertz CT molecular complexity index is 141. The van der Waals surface area contributed by atoms with Crippen LogP contribution in [0.2, 0.25) is 0 Å². The first-order valence-electron chi connectivity index (χ1n) is 5.11. The summed E-state index contributed by atoms with van der Waals surface area (Å²) >= 11 is 0. The Morgan fingerprint density at radius 3 is 2.77 bits per heavy atom. The van der Waals surface area contributed by atoms with Crippen LogP contribution in [0.25, 0.3) is 0 Å². The molecule has 78 valence electrons. The van der Waals surface area contributed by atoms with E-state index in [9.17, 15) is 5.11 Å². The molecule has 2 atom stereocenters. The fraction of sp³-hybridized carbons (Fsp3) is 1.00. The van der Waals surface area contributed by atoms with Crippen molar-refractivity contribution in [1.82, 2.24) is 4.90 Å². The first-order valence-corrected chi connectivity index (χ1v) is 5.11. The van der Waals surface area contributed by atoms with Gasteiger partial charge in [0.05, 0.1) is 6.10 Å². The van der Waals surface area contributed by atoms with E-state index in [1.807, 2.05) is 0 Å². The first kappa shape index (κ1) is 11.0. The molecule has 1 aliphatic rings. The molecule has 1 aliphatic carbocycles. The molecule has 1 N–H and O–H groups in total. The van der Waals surface area contributed by atoms with Crippen LogP contribution in [-0.4, -0.2) is 49.5 Å². The Kier molecular flexibility index (Phi) is 4.70. The zero-order chi connectivity index (χ0) is 9.68. The van der Waals surface area contributed by atoms with E-state index in [0.29, 0.717) is 6.04 Å². The number of hydrogen-bond acceptors (Lipinski definition) is 3. The molecule has 0 aromatic carbocycles. The van der Waals surface area contributed by atoms with Gasteiger partial charge in [-0.15, -0.1) is 0 Å². The molecule has 0 heterocycles. The summed E-state index contributed by atoms with van der Waals surface area (Å²) in [4.78, 5) is 2.34. The van der Waals surface area contributed by atoms with Gasteiger partial charge in [0.25, 0.3) is 0 Å². The minimum atomic E-state index is -0.0603. The highest BCUT2D eigenvalue weighted by Crippen LogP contribution is 2.22. The molecule has 0 spiro atoms. The van der Waals surface area contributed by atoms with Crippen LogP contribution in [0.5, 0.6) is 0 Å². The second-order valence-corrected chi connectivity index (χ2v) is 3.95. The van der Waals surface area contributed by atoms with Gasteiger partial charge in [-0.2, -0.15) is 0 Å². The first-order chi connectivity index (χ1) is 6.24. The van der Waals surface area contributed by atoms with Crippen molar-refractivity contribution >= 4 is 0 Å². The minimum Gasteiger partial charge on any atom is -0.393 e. The molecular formula is C10H21NO2. The van der Waals surface area contributed by atoms with Crippen LogP contribution in [0.4, 0.5) is 0 Å². The normalized spacial score (nSPS) is 28.6. The van der Waals surface area contributed by atoms with Crippen molar-refractivity contribution in [2.45, 2.75) is 37.8 Å². The lowest BCUT2D eigenvalue weighted by atomic mass is 10.2. The molecular weight excluding hydrogens is 166 g/mol. The van der Waals surface area contributed by atoms with Gasteiger partial charge in [0.1, 0.15) is 0 Å². The maximum Gasteiger partial charge on any atom is 0.0555 e. The molecule has 0 aliphatic heterocycles. The van der Waals surface area contributed by atoms with Crippen LogP contribution in [0.15, 0.2) is 0 Å². The summed E-state index contributed by atoms with van der Waals surface area (Å²) in [5, 5.41) is 9.37. The number of ether oxygens (including phenoxy) is 1. The summed E-state index contributed by atoms with van der Waals surface area (Å²) in [7, 11) is 3.87. The van der Waals surface area contributed by atoms with Gasteiger partial charge in [0.15, 0.2) is 0 Å². The number of aliphatic hydroxyl groups excluding tert-OH is 1. The van der Waals surface area contributed by atoms with E-state index in [-0.39, 0.29) is 6.10 Å². The van der Waals surface area contributed by atoms with E-state index in [4.69, 9.17) is 4.74 Å². The van der Waals surface area contributed by atoms with Crippen molar-refractivity contribution in [3.05, 3.63) is 0 Å². The van der Waals surface area contributed by atoms with Gasteiger partial charge in [-0.25, -0.2) is 0 Å². The number of hydrogen-bond donors (Lipinski definition) is 1. The highest BCUT2D eigenvalue weighted by Gasteiger charge is 2.25. The topological polar surface area (TPSA) is 32.7 Å². The van der Waals surface area contributed by atoms with E-state index in [2.05, 4.69) is 11.9 Å². The molecule has 0 radical (unpaired) electrons. The zero-order valence-corrected chi connectivity index (χ0v) is 8.70.